The Labute approximate surface area is 144 Å². The summed E-state index contributed by atoms with van der Waals surface area (Å²) in [5.41, 5.74) is 0.784. The minimum atomic E-state index is -0.416. The normalized spacial score (nSPS) is 10.6. The number of carbonyl (C=O) groups is 2. The third kappa shape index (κ3) is 4.93. The maximum Gasteiger partial charge on any atom is 0.246 e. The Morgan fingerprint density at radius 3 is 2.54 bits per heavy atom. The molecule has 24 heavy (non-hydrogen) atoms. The quantitative estimate of drug-likeness (QED) is 0.841. The van der Waals surface area contributed by atoms with Gasteiger partial charge in [0.05, 0.1) is 17.3 Å². The maximum atomic E-state index is 13.5. The van der Waals surface area contributed by atoms with Gasteiger partial charge in [-0.15, -0.1) is 0 Å². The van der Waals surface area contributed by atoms with Gasteiger partial charge >= 0.3 is 0 Å². The van der Waals surface area contributed by atoms with E-state index in [4.69, 9.17) is 11.6 Å². The number of halogens is 2. The van der Waals surface area contributed by atoms with Crippen molar-refractivity contribution in [1.29, 1.82) is 0 Å². The first kappa shape index (κ1) is 17.7. The molecule has 0 saturated carbocycles. The number of benzene rings is 2. The summed E-state index contributed by atoms with van der Waals surface area (Å²) in [5.74, 6) is -1.20. The molecule has 6 heteroatoms. The second kappa shape index (κ2) is 8.26. The molecule has 124 valence electrons. The zero-order valence-electron chi connectivity index (χ0n) is 13.0. The van der Waals surface area contributed by atoms with E-state index in [9.17, 15) is 14.0 Å². The Bertz CT molecular complexity index is 777. The molecule has 0 saturated heterocycles. The summed E-state index contributed by atoms with van der Waals surface area (Å²) in [6.45, 7) is -0.147. The van der Waals surface area contributed by atoms with Crippen LogP contribution in [0.15, 0.2) is 54.6 Å². The highest BCUT2D eigenvalue weighted by Crippen LogP contribution is 2.20. The van der Waals surface area contributed by atoms with Crippen molar-refractivity contribution >= 4 is 35.2 Å². The molecule has 0 radical (unpaired) electrons. The van der Waals surface area contributed by atoms with E-state index in [1.54, 1.807) is 42.5 Å². The second-order valence-electron chi connectivity index (χ2n) is 5.08. The van der Waals surface area contributed by atoms with Gasteiger partial charge in [0, 0.05) is 18.7 Å². The summed E-state index contributed by atoms with van der Waals surface area (Å²) in [7, 11) is 1.49. The molecule has 4 nitrogen and oxygen atoms in total. The molecule has 0 heterocycles. The van der Waals surface area contributed by atoms with Crippen LogP contribution in [0.25, 0.3) is 6.08 Å². The Balaban J connectivity index is 1.93. The number of likely N-dealkylation sites (N-methyl/N-ethyl adjacent to an activating group) is 1. The summed E-state index contributed by atoms with van der Waals surface area (Å²) < 4.78 is 13.5. The fourth-order valence-electron chi connectivity index (χ4n) is 1.94. The first-order valence-corrected chi connectivity index (χ1v) is 7.57. The third-order valence-corrected chi connectivity index (χ3v) is 3.55. The van der Waals surface area contributed by atoms with E-state index < -0.39 is 11.7 Å². The average molecular weight is 347 g/mol. The summed E-state index contributed by atoms with van der Waals surface area (Å²) in [5, 5.41) is 3.05. The van der Waals surface area contributed by atoms with Gasteiger partial charge in [0.1, 0.15) is 5.82 Å². The highest BCUT2D eigenvalue weighted by molar-refractivity contribution is 6.33. The number of rotatable bonds is 5. The zero-order valence-corrected chi connectivity index (χ0v) is 13.8. The number of hydrogen-bond acceptors (Lipinski definition) is 2. The molecule has 2 aromatic carbocycles. The predicted octanol–water partition coefficient (Wildman–Crippen LogP) is 3.59. The number of nitrogens with one attached hydrogen (secondary N) is 1. The Kier molecular flexibility index (Phi) is 6.09. The molecule has 0 atom stereocenters. The SMILES string of the molecule is CN(CC(=O)Nc1ccccc1Cl)C(=O)/C=C/c1ccccc1F. The summed E-state index contributed by atoms with van der Waals surface area (Å²) in [6, 6.07) is 12.9. The number of amides is 2. The largest absolute Gasteiger partial charge is 0.333 e. The van der Waals surface area contributed by atoms with Gasteiger partial charge in [-0.2, -0.15) is 0 Å². The molecule has 0 spiro atoms. The lowest BCUT2D eigenvalue weighted by atomic mass is 10.2. The smallest absolute Gasteiger partial charge is 0.246 e. The van der Waals surface area contributed by atoms with Gasteiger partial charge in [-0.1, -0.05) is 41.9 Å². The van der Waals surface area contributed by atoms with Crippen LogP contribution in [0.3, 0.4) is 0 Å². The van der Waals surface area contributed by atoms with Crippen molar-refractivity contribution in [1.82, 2.24) is 4.90 Å². The topological polar surface area (TPSA) is 49.4 Å². The van der Waals surface area contributed by atoms with E-state index in [0.717, 1.165) is 0 Å². The number of hydrogen-bond donors (Lipinski definition) is 1. The van der Waals surface area contributed by atoms with Crippen molar-refractivity contribution in [3.63, 3.8) is 0 Å². The van der Waals surface area contributed by atoms with Crippen LogP contribution in [0.2, 0.25) is 5.02 Å². The standard InChI is InChI=1S/C18H16ClFN2O2/c1-22(12-17(23)21-16-9-5-3-7-14(16)19)18(24)11-10-13-6-2-4-8-15(13)20/h2-11H,12H2,1H3,(H,21,23)/b11-10+. The lowest BCUT2D eigenvalue weighted by molar-refractivity contribution is -0.129. The Morgan fingerprint density at radius 2 is 1.83 bits per heavy atom. The molecule has 2 amide bonds. The van der Waals surface area contributed by atoms with Crippen molar-refractivity contribution in [3.05, 3.63) is 71.0 Å². The van der Waals surface area contributed by atoms with Gasteiger partial charge in [-0.05, 0) is 24.3 Å². The van der Waals surface area contributed by atoms with E-state index in [-0.39, 0.29) is 12.5 Å². The first-order valence-electron chi connectivity index (χ1n) is 7.19. The molecule has 0 unspecified atom stereocenters. The van der Waals surface area contributed by atoms with Crippen LogP contribution >= 0.6 is 11.6 Å². The number of para-hydroxylation sites is 1. The highest BCUT2D eigenvalue weighted by Gasteiger charge is 2.12. The molecule has 0 aliphatic rings. The van der Waals surface area contributed by atoms with Crippen LogP contribution in [0.1, 0.15) is 5.56 Å². The summed E-state index contributed by atoms with van der Waals surface area (Å²) in [4.78, 5) is 25.2. The van der Waals surface area contributed by atoms with Crippen LogP contribution in [0.5, 0.6) is 0 Å². The monoisotopic (exact) mass is 346 g/mol. The molecule has 0 aromatic heterocycles. The number of nitrogens with zero attached hydrogens (tertiary/aromatic N) is 1. The van der Waals surface area contributed by atoms with Crippen LogP contribution in [0.4, 0.5) is 10.1 Å². The molecular weight excluding hydrogens is 331 g/mol. The molecule has 1 N–H and O–H groups in total. The molecule has 0 aliphatic heterocycles. The van der Waals surface area contributed by atoms with Crippen LogP contribution < -0.4 is 5.32 Å². The van der Waals surface area contributed by atoms with Crippen molar-refractivity contribution in [2.75, 3.05) is 18.9 Å². The fourth-order valence-corrected chi connectivity index (χ4v) is 2.13. The number of carbonyl (C=O) groups excluding carboxylic acids is 2. The minimum absolute atomic E-state index is 0.147. The van der Waals surface area contributed by atoms with Gasteiger partial charge in [0.25, 0.3) is 0 Å². The van der Waals surface area contributed by atoms with E-state index in [2.05, 4.69) is 5.32 Å². The highest BCUT2D eigenvalue weighted by atomic mass is 35.5. The zero-order chi connectivity index (χ0) is 17.5. The van der Waals surface area contributed by atoms with Crippen LogP contribution in [-0.4, -0.2) is 30.3 Å². The van der Waals surface area contributed by atoms with Crippen LogP contribution in [0, 0.1) is 5.82 Å². The van der Waals surface area contributed by atoms with Gasteiger partial charge in [-0.3, -0.25) is 9.59 Å². The summed E-state index contributed by atoms with van der Waals surface area (Å²) >= 11 is 5.96. The minimum Gasteiger partial charge on any atom is -0.333 e. The maximum absolute atomic E-state index is 13.5. The van der Waals surface area contributed by atoms with E-state index in [0.29, 0.717) is 16.3 Å². The van der Waals surface area contributed by atoms with Crippen molar-refractivity contribution in [2.24, 2.45) is 0 Å². The fraction of sp³-hybridized carbons (Fsp3) is 0.111. The van der Waals surface area contributed by atoms with Gasteiger partial charge in [0.2, 0.25) is 11.8 Å². The molecule has 0 fully saturated rings. The lowest BCUT2D eigenvalue weighted by Crippen LogP contribution is -2.33. The molecule has 2 aromatic rings. The third-order valence-electron chi connectivity index (χ3n) is 3.22. The molecule has 0 bridgehead atoms. The second-order valence-corrected chi connectivity index (χ2v) is 5.48. The van der Waals surface area contributed by atoms with Gasteiger partial charge in [-0.25, -0.2) is 4.39 Å². The molecule has 0 aliphatic carbocycles. The average Bonchev–Trinajstić information content (AvgIpc) is 2.56. The van der Waals surface area contributed by atoms with E-state index in [1.165, 1.54) is 30.2 Å². The Hall–Kier alpha value is -2.66. The molecule has 2 rings (SSSR count). The molecular formula is C18H16ClFN2O2. The van der Waals surface area contributed by atoms with E-state index in [1.807, 2.05) is 0 Å². The predicted molar refractivity (Wildman–Crippen MR) is 93.2 cm³/mol. The van der Waals surface area contributed by atoms with Gasteiger partial charge < -0.3 is 10.2 Å². The van der Waals surface area contributed by atoms with Crippen molar-refractivity contribution in [2.45, 2.75) is 0 Å². The number of anilines is 1. The van der Waals surface area contributed by atoms with Crippen molar-refractivity contribution in [3.8, 4) is 0 Å². The lowest BCUT2D eigenvalue weighted by Gasteiger charge is -2.15. The van der Waals surface area contributed by atoms with Gasteiger partial charge in [0.15, 0.2) is 0 Å². The first-order chi connectivity index (χ1) is 11.5. The van der Waals surface area contributed by atoms with Crippen LogP contribution in [-0.2, 0) is 9.59 Å². The Morgan fingerprint density at radius 1 is 1.17 bits per heavy atom. The van der Waals surface area contributed by atoms with E-state index >= 15 is 0 Å². The summed E-state index contributed by atoms with van der Waals surface area (Å²) in [6.07, 6.45) is 2.60. The van der Waals surface area contributed by atoms with Crippen molar-refractivity contribution < 1.29 is 14.0 Å².